The van der Waals surface area contributed by atoms with Crippen molar-refractivity contribution in [1.82, 2.24) is 19.8 Å². The maximum absolute atomic E-state index is 12.4. The number of carbonyl (C=O) groups excluding carboxylic acids is 3. The molecule has 8 heteroatoms. The van der Waals surface area contributed by atoms with Gasteiger partial charge in [-0.3, -0.25) is 15.0 Å². The summed E-state index contributed by atoms with van der Waals surface area (Å²) in [7, 11) is 1.35. The van der Waals surface area contributed by atoms with Crippen LogP contribution in [0, 0.1) is 0 Å². The third-order valence-corrected chi connectivity index (χ3v) is 5.17. The molecule has 3 rings (SSSR count). The van der Waals surface area contributed by atoms with Gasteiger partial charge in [0.25, 0.3) is 5.91 Å². The van der Waals surface area contributed by atoms with Gasteiger partial charge in [0.15, 0.2) is 0 Å². The van der Waals surface area contributed by atoms with Gasteiger partial charge in [-0.1, -0.05) is 32.4 Å². The second-order valence-corrected chi connectivity index (χ2v) is 7.42. The minimum atomic E-state index is -0.395. The minimum absolute atomic E-state index is 0.337. The fraction of sp³-hybridized carbons (Fsp3) is 0.391. The summed E-state index contributed by atoms with van der Waals surface area (Å²) in [5.74, 6) is 0.125. The highest BCUT2D eigenvalue weighted by Crippen LogP contribution is 2.20. The highest BCUT2D eigenvalue weighted by Gasteiger charge is 2.32. The quantitative estimate of drug-likeness (QED) is 0.378. The molecule has 1 fully saturated rings. The molecule has 2 heterocycles. The van der Waals surface area contributed by atoms with Crippen molar-refractivity contribution in [1.29, 1.82) is 0 Å². The zero-order chi connectivity index (χ0) is 22.4. The Balaban J connectivity index is 1.93. The molecule has 1 N–H and O–H groups in total. The zero-order valence-electron chi connectivity index (χ0n) is 18.2. The van der Waals surface area contributed by atoms with E-state index < -0.39 is 5.91 Å². The molecule has 1 aliphatic rings. The molecule has 3 amide bonds. The minimum Gasteiger partial charge on any atom is -0.465 e. The first-order valence-electron chi connectivity index (χ1n) is 10.5. The molecular weight excluding hydrogens is 396 g/mol. The van der Waals surface area contributed by atoms with Crippen molar-refractivity contribution >= 4 is 24.0 Å². The number of urea groups is 1. The summed E-state index contributed by atoms with van der Waals surface area (Å²) >= 11 is 0. The fourth-order valence-corrected chi connectivity index (χ4v) is 3.48. The van der Waals surface area contributed by atoms with Crippen LogP contribution in [0.15, 0.2) is 36.2 Å². The van der Waals surface area contributed by atoms with E-state index in [9.17, 15) is 14.4 Å². The number of nitrogens with zero attached hydrogens (tertiary/aromatic N) is 3. The number of esters is 1. The lowest BCUT2D eigenvalue weighted by Gasteiger charge is -2.15. The number of nitrogens with one attached hydrogen (secondary N) is 1. The number of benzene rings is 1. The van der Waals surface area contributed by atoms with Crippen LogP contribution < -0.4 is 5.32 Å². The normalized spacial score (nSPS) is 14.9. The van der Waals surface area contributed by atoms with Crippen molar-refractivity contribution < 1.29 is 19.1 Å². The highest BCUT2D eigenvalue weighted by atomic mass is 16.5. The second-order valence-electron chi connectivity index (χ2n) is 7.42. The van der Waals surface area contributed by atoms with Crippen molar-refractivity contribution in [2.75, 3.05) is 13.7 Å². The first-order chi connectivity index (χ1) is 15.0. The number of carbonyl (C=O) groups is 3. The molecular formula is C23H28N4O4. The van der Waals surface area contributed by atoms with E-state index in [4.69, 9.17) is 4.74 Å². The Morgan fingerprint density at radius 2 is 1.90 bits per heavy atom. The van der Waals surface area contributed by atoms with Crippen molar-refractivity contribution in [2.24, 2.45) is 0 Å². The van der Waals surface area contributed by atoms with Crippen molar-refractivity contribution in [3.8, 4) is 0 Å². The molecule has 2 aromatic rings. The lowest BCUT2D eigenvalue weighted by Crippen LogP contribution is -2.28. The molecule has 0 radical (unpaired) electrons. The average Bonchev–Trinajstić information content (AvgIpc) is 3.26. The van der Waals surface area contributed by atoms with Crippen LogP contribution in [0.2, 0.25) is 0 Å². The van der Waals surface area contributed by atoms with Gasteiger partial charge >= 0.3 is 12.0 Å². The van der Waals surface area contributed by atoms with E-state index in [2.05, 4.69) is 17.2 Å². The number of amides is 3. The van der Waals surface area contributed by atoms with E-state index in [0.717, 1.165) is 42.8 Å². The number of unbranched alkanes of at least 4 members (excludes halogenated alkanes) is 1. The molecule has 0 bridgehead atoms. The first-order valence-corrected chi connectivity index (χ1v) is 10.5. The van der Waals surface area contributed by atoms with Crippen LogP contribution in [0.5, 0.6) is 0 Å². The molecule has 31 heavy (non-hydrogen) atoms. The lowest BCUT2D eigenvalue weighted by atomic mass is 10.1. The number of imidazole rings is 1. The Kier molecular flexibility index (Phi) is 7.23. The summed E-state index contributed by atoms with van der Waals surface area (Å²) in [6.45, 7) is 5.14. The van der Waals surface area contributed by atoms with Crippen LogP contribution in [0.1, 0.15) is 60.5 Å². The SMILES string of the molecule is CCCCN1C(=O)NC(=O)/C1=C\c1cnc(CCC)n1Cc1ccc(C(=O)OC)cc1. The van der Waals surface area contributed by atoms with E-state index in [-0.39, 0.29) is 12.0 Å². The Hall–Kier alpha value is -3.42. The van der Waals surface area contributed by atoms with Gasteiger partial charge in [0.1, 0.15) is 11.5 Å². The Morgan fingerprint density at radius 1 is 1.16 bits per heavy atom. The molecule has 0 unspecified atom stereocenters. The summed E-state index contributed by atoms with van der Waals surface area (Å²) in [4.78, 5) is 42.3. The number of imide groups is 1. The molecule has 1 aromatic carbocycles. The van der Waals surface area contributed by atoms with Crippen molar-refractivity contribution in [2.45, 2.75) is 46.1 Å². The Bertz CT molecular complexity index is 992. The molecule has 0 atom stereocenters. The van der Waals surface area contributed by atoms with Crippen LogP contribution in [-0.2, 0) is 22.5 Å². The summed E-state index contributed by atoms with van der Waals surface area (Å²) in [5.41, 5.74) is 2.56. The summed E-state index contributed by atoms with van der Waals surface area (Å²) < 4.78 is 6.79. The van der Waals surface area contributed by atoms with E-state index in [1.54, 1.807) is 24.4 Å². The largest absolute Gasteiger partial charge is 0.465 e. The van der Waals surface area contributed by atoms with Gasteiger partial charge in [0.05, 0.1) is 24.6 Å². The van der Waals surface area contributed by atoms with E-state index in [1.807, 2.05) is 23.6 Å². The predicted molar refractivity (Wildman–Crippen MR) is 116 cm³/mol. The van der Waals surface area contributed by atoms with E-state index >= 15 is 0 Å². The predicted octanol–water partition coefficient (Wildman–Crippen LogP) is 3.36. The molecule has 1 aliphatic heterocycles. The molecule has 1 saturated heterocycles. The number of hydrogen-bond donors (Lipinski definition) is 1. The van der Waals surface area contributed by atoms with Gasteiger partial charge in [0.2, 0.25) is 0 Å². The Labute approximate surface area is 181 Å². The standard InChI is InChI=1S/C23H28N4O4/c1-4-6-12-26-19(21(28)25-23(26)30)13-18-14-24-20(7-5-2)27(18)15-16-8-10-17(11-9-16)22(29)31-3/h8-11,13-14H,4-7,12,15H2,1-3H3,(H,25,28,30)/b19-13+. The summed E-state index contributed by atoms with van der Waals surface area (Å²) in [6.07, 6.45) is 6.90. The lowest BCUT2D eigenvalue weighted by molar-refractivity contribution is -0.116. The second kappa shape index (κ2) is 10.1. The molecule has 0 saturated carbocycles. The fourth-order valence-electron chi connectivity index (χ4n) is 3.48. The van der Waals surface area contributed by atoms with Crippen molar-refractivity contribution in [3.63, 3.8) is 0 Å². The summed E-state index contributed by atoms with van der Waals surface area (Å²) in [5, 5.41) is 2.38. The van der Waals surface area contributed by atoms with Crippen LogP contribution >= 0.6 is 0 Å². The number of aryl methyl sites for hydroxylation is 1. The molecule has 164 valence electrons. The molecule has 8 nitrogen and oxygen atoms in total. The third-order valence-electron chi connectivity index (χ3n) is 5.17. The van der Waals surface area contributed by atoms with Gasteiger partial charge in [-0.25, -0.2) is 14.6 Å². The topological polar surface area (TPSA) is 93.5 Å². The van der Waals surface area contributed by atoms with E-state index in [1.165, 1.54) is 12.0 Å². The number of rotatable bonds is 9. The molecule has 0 spiro atoms. The van der Waals surface area contributed by atoms with Crippen molar-refractivity contribution in [3.05, 3.63) is 58.8 Å². The Morgan fingerprint density at radius 3 is 2.55 bits per heavy atom. The van der Waals surface area contributed by atoms with Gasteiger partial charge in [0, 0.05) is 19.5 Å². The maximum atomic E-state index is 12.4. The van der Waals surface area contributed by atoms with Gasteiger partial charge < -0.3 is 9.30 Å². The van der Waals surface area contributed by atoms with Crippen LogP contribution in [-0.4, -0.2) is 46.0 Å². The third kappa shape index (κ3) is 5.02. The van der Waals surface area contributed by atoms with Crippen LogP contribution in [0.25, 0.3) is 6.08 Å². The highest BCUT2D eigenvalue weighted by molar-refractivity contribution is 6.13. The molecule has 0 aliphatic carbocycles. The number of ether oxygens (including phenoxy) is 1. The summed E-state index contributed by atoms with van der Waals surface area (Å²) in [6, 6.07) is 6.82. The monoisotopic (exact) mass is 424 g/mol. The molecule has 1 aromatic heterocycles. The van der Waals surface area contributed by atoms with Gasteiger partial charge in [-0.15, -0.1) is 0 Å². The van der Waals surface area contributed by atoms with Gasteiger partial charge in [-0.2, -0.15) is 0 Å². The zero-order valence-corrected chi connectivity index (χ0v) is 18.2. The first kappa shape index (κ1) is 22.3. The number of aromatic nitrogens is 2. The smallest absolute Gasteiger partial charge is 0.337 e. The maximum Gasteiger partial charge on any atom is 0.337 e. The van der Waals surface area contributed by atoms with Crippen LogP contribution in [0.3, 0.4) is 0 Å². The van der Waals surface area contributed by atoms with Crippen LogP contribution in [0.4, 0.5) is 4.79 Å². The van der Waals surface area contributed by atoms with E-state index in [0.29, 0.717) is 24.4 Å². The average molecular weight is 425 g/mol. The number of methoxy groups -OCH3 is 1. The number of hydrogen-bond acceptors (Lipinski definition) is 5. The van der Waals surface area contributed by atoms with Gasteiger partial charge in [-0.05, 0) is 36.6 Å².